The molecule has 0 fully saturated rings. The summed E-state index contributed by atoms with van der Waals surface area (Å²) in [6.45, 7) is 4.19. The molecule has 1 aliphatic carbocycles. The molecule has 2 unspecified atom stereocenters. The number of rotatable bonds is 17. The molecular formula is C25H44O4. The lowest BCUT2D eigenvalue weighted by Gasteiger charge is -2.46. The van der Waals surface area contributed by atoms with E-state index in [2.05, 4.69) is 6.92 Å². The van der Waals surface area contributed by atoms with Crippen LogP contribution < -0.4 is 0 Å². The second-order valence-corrected chi connectivity index (χ2v) is 9.04. The molecule has 0 saturated carbocycles. The van der Waals surface area contributed by atoms with Crippen molar-refractivity contribution in [2.75, 3.05) is 0 Å². The quantitative estimate of drug-likeness (QED) is 0.195. The molecule has 2 atom stereocenters. The van der Waals surface area contributed by atoms with Crippen LogP contribution in [0.15, 0.2) is 12.2 Å². The van der Waals surface area contributed by atoms with Crippen LogP contribution in [0.2, 0.25) is 0 Å². The smallest absolute Gasteiger partial charge is 0.311 e. The van der Waals surface area contributed by atoms with Crippen molar-refractivity contribution in [2.24, 2.45) is 10.8 Å². The van der Waals surface area contributed by atoms with Crippen molar-refractivity contribution in [2.45, 2.75) is 123 Å². The van der Waals surface area contributed by atoms with Gasteiger partial charge in [0.25, 0.3) is 0 Å². The van der Waals surface area contributed by atoms with E-state index in [-0.39, 0.29) is 0 Å². The molecule has 2 N–H and O–H groups in total. The molecular weight excluding hydrogens is 364 g/mol. The second-order valence-electron chi connectivity index (χ2n) is 9.04. The van der Waals surface area contributed by atoms with Crippen LogP contribution in [-0.2, 0) is 9.59 Å². The third-order valence-electron chi connectivity index (χ3n) is 6.97. The Morgan fingerprint density at radius 1 is 0.621 bits per heavy atom. The highest BCUT2D eigenvalue weighted by Gasteiger charge is 2.60. The van der Waals surface area contributed by atoms with E-state index in [9.17, 15) is 19.8 Å². The average molecular weight is 409 g/mol. The highest BCUT2D eigenvalue weighted by Crippen LogP contribution is 2.54. The minimum absolute atomic E-state index is 0.334. The summed E-state index contributed by atoms with van der Waals surface area (Å²) in [4.78, 5) is 24.5. The Kier molecular flexibility index (Phi) is 12.3. The van der Waals surface area contributed by atoms with Gasteiger partial charge in [0.1, 0.15) is 0 Å². The van der Waals surface area contributed by atoms with Crippen LogP contribution in [0.25, 0.3) is 0 Å². The summed E-state index contributed by atoms with van der Waals surface area (Å²) < 4.78 is 0. The summed E-state index contributed by atoms with van der Waals surface area (Å²) in [7, 11) is 0. The molecule has 0 aromatic heterocycles. The molecule has 1 rings (SSSR count). The van der Waals surface area contributed by atoms with Crippen LogP contribution in [0.5, 0.6) is 0 Å². The highest BCUT2D eigenvalue weighted by molar-refractivity contribution is 5.87. The van der Waals surface area contributed by atoms with Gasteiger partial charge in [0.05, 0.1) is 10.8 Å². The molecule has 0 aromatic rings. The Balaban J connectivity index is 2.42. The van der Waals surface area contributed by atoms with Crippen LogP contribution >= 0.6 is 0 Å². The minimum atomic E-state index is -1.17. The first-order valence-electron chi connectivity index (χ1n) is 12.1. The first kappa shape index (κ1) is 25.7. The third-order valence-corrected chi connectivity index (χ3v) is 6.97. The monoisotopic (exact) mass is 408 g/mol. The molecule has 0 aliphatic heterocycles. The van der Waals surface area contributed by atoms with Gasteiger partial charge >= 0.3 is 11.9 Å². The predicted octanol–water partition coefficient (Wildman–Crippen LogP) is 7.37. The summed E-state index contributed by atoms with van der Waals surface area (Å²) in [5.41, 5.74) is -2.33. The zero-order valence-electron chi connectivity index (χ0n) is 18.9. The summed E-state index contributed by atoms with van der Waals surface area (Å²) in [6, 6.07) is 0. The fourth-order valence-electron chi connectivity index (χ4n) is 5.13. The molecule has 0 aromatic carbocycles. The van der Waals surface area contributed by atoms with Gasteiger partial charge in [-0.05, 0) is 25.7 Å². The van der Waals surface area contributed by atoms with Crippen LogP contribution in [0, 0.1) is 10.8 Å². The lowest BCUT2D eigenvalue weighted by Crippen LogP contribution is -2.53. The number of carbonyl (C=O) groups is 2. The maximum absolute atomic E-state index is 12.3. The molecule has 4 heteroatoms. The van der Waals surface area contributed by atoms with E-state index < -0.39 is 22.8 Å². The highest BCUT2D eigenvalue weighted by atomic mass is 16.4. The standard InChI is InChI=1S/C25H44O4/c1-3-5-6-7-8-9-10-11-12-13-14-15-19-25(23(28)29)21-17-16-20-24(25,18-4-2)22(26)27/h16-17H,3-15,18-21H2,1-2H3,(H,26,27)(H,28,29). The van der Waals surface area contributed by atoms with E-state index in [0.29, 0.717) is 32.1 Å². The Bertz CT molecular complexity index is 513. The molecule has 0 radical (unpaired) electrons. The summed E-state index contributed by atoms with van der Waals surface area (Å²) in [6.07, 6.45) is 20.8. The van der Waals surface area contributed by atoms with Gasteiger partial charge in [0.2, 0.25) is 0 Å². The Morgan fingerprint density at radius 2 is 1.00 bits per heavy atom. The third kappa shape index (κ3) is 7.15. The van der Waals surface area contributed by atoms with Gasteiger partial charge in [0.15, 0.2) is 0 Å². The zero-order chi connectivity index (χ0) is 21.6. The van der Waals surface area contributed by atoms with Crippen molar-refractivity contribution in [3.63, 3.8) is 0 Å². The van der Waals surface area contributed by atoms with E-state index in [1.807, 2.05) is 19.1 Å². The summed E-state index contributed by atoms with van der Waals surface area (Å²) in [5, 5.41) is 20.1. The van der Waals surface area contributed by atoms with Crippen molar-refractivity contribution in [3.8, 4) is 0 Å². The number of hydrogen-bond donors (Lipinski definition) is 2. The van der Waals surface area contributed by atoms with Gasteiger partial charge in [-0.15, -0.1) is 0 Å². The van der Waals surface area contributed by atoms with Crippen molar-refractivity contribution >= 4 is 11.9 Å². The topological polar surface area (TPSA) is 74.6 Å². The van der Waals surface area contributed by atoms with Crippen molar-refractivity contribution < 1.29 is 19.8 Å². The van der Waals surface area contributed by atoms with Crippen LogP contribution in [0.3, 0.4) is 0 Å². The molecule has 0 spiro atoms. The first-order chi connectivity index (χ1) is 14.0. The number of hydrogen-bond acceptors (Lipinski definition) is 2. The number of carboxylic acids is 2. The molecule has 4 nitrogen and oxygen atoms in total. The lowest BCUT2D eigenvalue weighted by atomic mass is 9.54. The van der Waals surface area contributed by atoms with E-state index in [4.69, 9.17) is 0 Å². The van der Waals surface area contributed by atoms with Gasteiger partial charge in [0, 0.05) is 0 Å². The Morgan fingerprint density at radius 3 is 1.38 bits per heavy atom. The Labute approximate surface area is 178 Å². The van der Waals surface area contributed by atoms with Gasteiger partial charge in [-0.2, -0.15) is 0 Å². The largest absolute Gasteiger partial charge is 0.481 e. The van der Waals surface area contributed by atoms with Crippen molar-refractivity contribution in [3.05, 3.63) is 12.2 Å². The fraction of sp³-hybridized carbons (Fsp3) is 0.840. The van der Waals surface area contributed by atoms with Crippen molar-refractivity contribution in [1.82, 2.24) is 0 Å². The van der Waals surface area contributed by atoms with Gasteiger partial charge < -0.3 is 10.2 Å². The SMILES string of the molecule is CCCCCCCCCCCCCCC1(C(=O)O)CC=CCC1(CCC)C(=O)O. The molecule has 0 saturated heterocycles. The predicted molar refractivity (Wildman–Crippen MR) is 119 cm³/mol. The number of unbranched alkanes of at least 4 members (excludes halogenated alkanes) is 11. The number of aliphatic carboxylic acids is 2. The maximum Gasteiger partial charge on any atom is 0.311 e. The summed E-state index contributed by atoms with van der Waals surface area (Å²) >= 11 is 0. The normalized spacial score (nSPS) is 23.9. The van der Waals surface area contributed by atoms with Gasteiger partial charge in [-0.25, -0.2) is 0 Å². The van der Waals surface area contributed by atoms with Crippen LogP contribution in [0.1, 0.15) is 123 Å². The van der Waals surface area contributed by atoms with Crippen LogP contribution in [-0.4, -0.2) is 22.2 Å². The molecule has 0 bridgehead atoms. The van der Waals surface area contributed by atoms with Gasteiger partial charge in [-0.3, -0.25) is 9.59 Å². The minimum Gasteiger partial charge on any atom is -0.481 e. The molecule has 168 valence electrons. The van der Waals surface area contributed by atoms with E-state index in [1.165, 1.54) is 57.8 Å². The lowest BCUT2D eigenvalue weighted by molar-refractivity contribution is -0.177. The maximum atomic E-state index is 12.3. The molecule has 0 amide bonds. The number of carboxylic acid groups (broad SMARTS) is 2. The zero-order valence-corrected chi connectivity index (χ0v) is 18.9. The van der Waals surface area contributed by atoms with E-state index in [0.717, 1.165) is 19.3 Å². The molecule has 1 aliphatic rings. The second kappa shape index (κ2) is 13.8. The fourth-order valence-corrected chi connectivity index (χ4v) is 5.13. The van der Waals surface area contributed by atoms with Crippen molar-refractivity contribution in [1.29, 1.82) is 0 Å². The Hall–Kier alpha value is -1.32. The molecule has 0 heterocycles. The van der Waals surface area contributed by atoms with Crippen LogP contribution in [0.4, 0.5) is 0 Å². The first-order valence-corrected chi connectivity index (χ1v) is 12.1. The van der Waals surface area contributed by atoms with Gasteiger partial charge in [-0.1, -0.05) is 109 Å². The summed E-state index contributed by atoms with van der Waals surface area (Å²) in [5.74, 6) is -1.87. The average Bonchev–Trinajstić information content (AvgIpc) is 2.69. The van der Waals surface area contributed by atoms with E-state index in [1.54, 1.807) is 0 Å². The number of allylic oxidation sites excluding steroid dienone is 2. The van der Waals surface area contributed by atoms with E-state index >= 15 is 0 Å². The molecule has 29 heavy (non-hydrogen) atoms.